The van der Waals surface area contributed by atoms with E-state index in [1.165, 1.54) is 17.5 Å². The van der Waals surface area contributed by atoms with Gasteiger partial charge in [-0.15, -0.1) is 0 Å². The van der Waals surface area contributed by atoms with Crippen LogP contribution < -0.4 is 4.74 Å². The number of likely N-dealkylation sites (tertiary alicyclic amines) is 1. The molecule has 0 aromatic heterocycles. The molecule has 0 aliphatic carbocycles. The Bertz CT molecular complexity index is 490. The highest BCUT2D eigenvalue weighted by molar-refractivity contribution is 5.36. The van der Waals surface area contributed by atoms with E-state index in [0.717, 1.165) is 30.7 Å². The van der Waals surface area contributed by atoms with Crippen LogP contribution in [0.5, 0.6) is 5.75 Å². The molecule has 1 aromatic rings. The third-order valence-corrected chi connectivity index (χ3v) is 4.72. The SMILES string of the molecule is Cc1cc(OC[C@H](O)CN2C[C@@H](C)C[C@H](C)C2)ccc1C(C)C. The average molecular weight is 319 g/mol. The molecular weight excluding hydrogens is 286 g/mol. The maximum Gasteiger partial charge on any atom is 0.119 e. The van der Waals surface area contributed by atoms with E-state index in [-0.39, 0.29) is 0 Å². The van der Waals surface area contributed by atoms with Crippen molar-refractivity contribution in [2.45, 2.75) is 53.1 Å². The highest BCUT2D eigenvalue weighted by atomic mass is 16.5. The van der Waals surface area contributed by atoms with E-state index in [9.17, 15) is 5.11 Å². The summed E-state index contributed by atoms with van der Waals surface area (Å²) in [5.74, 6) is 2.82. The lowest BCUT2D eigenvalue weighted by Gasteiger charge is -2.35. The topological polar surface area (TPSA) is 32.7 Å². The number of aliphatic hydroxyl groups is 1. The van der Waals surface area contributed by atoms with E-state index in [0.29, 0.717) is 19.1 Å². The number of β-amino-alcohol motifs (C(OH)–C–C–N with tert-alkyl or cyclic N) is 1. The fourth-order valence-corrected chi connectivity index (χ4v) is 3.87. The Kier molecular flexibility index (Phi) is 6.49. The molecule has 1 aliphatic heterocycles. The van der Waals surface area contributed by atoms with Crippen LogP contribution in [0.4, 0.5) is 0 Å². The first kappa shape index (κ1) is 18.3. The Morgan fingerprint density at radius 3 is 2.43 bits per heavy atom. The van der Waals surface area contributed by atoms with Crippen LogP contribution in [0.3, 0.4) is 0 Å². The Hall–Kier alpha value is -1.06. The second-order valence-corrected chi connectivity index (χ2v) is 7.80. The van der Waals surface area contributed by atoms with Crippen molar-refractivity contribution >= 4 is 0 Å². The van der Waals surface area contributed by atoms with Crippen molar-refractivity contribution in [2.24, 2.45) is 11.8 Å². The molecule has 1 aliphatic rings. The summed E-state index contributed by atoms with van der Waals surface area (Å²) in [4.78, 5) is 2.37. The van der Waals surface area contributed by atoms with Crippen LogP contribution in [0.1, 0.15) is 51.2 Å². The van der Waals surface area contributed by atoms with Gasteiger partial charge in [-0.3, -0.25) is 0 Å². The van der Waals surface area contributed by atoms with Crippen molar-refractivity contribution < 1.29 is 9.84 Å². The molecule has 0 unspecified atom stereocenters. The molecule has 0 saturated carbocycles. The minimum atomic E-state index is -0.433. The highest BCUT2D eigenvalue weighted by Gasteiger charge is 2.23. The zero-order valence-electron chi connectivity index (χ0n) is 15.4. The number of hydrogen-bond donors (Lipinski definition) is 1. The molecular formula is C20H33NO2. The van der Waals surface area contributed by atoms with Crippen molar-refractivity contribution in [1.29, 1.82) is 0 Å². The number of hydrogen-bond acceptors (Lipinski definition) is 3. The van der Waals surface area contributed by atoms with Gasteiger partial charge in [-0.25, -0.2) is 0 Å². The summed E-state index contributed by atoms with van der Waals surface area (Å²) >= 11 is 0. The van der Waals surface area contributed by atoms with Crippen LogP contribution in [0.2, 0.25) is 0 Å². The van der Waals surface area contributed by atoms with Gasteiger partial charge in [0.25, 0.3) is 0 Å². The Balaban J connectivity index is 1.82. The standard InChI is InChI=1S/C20H33NO2/c1-14(2)20-7-6-19(9-17(20)5)23-13-18(22)12-21-10-15(3)8-16(4)11-21/h6-7,9,14-16,18,22H,8,10-13H2,1-5H3/t15-,16-,18+/m0/s1. The van der Waals surface area contributed by atoms with Gasteiger partial charge in [0.2, 0.25) is 0 Å². The Morgan fingerprint density at radius 2 is 1.87 bits per heavy atom. The minimum Gasteiger partial charge on any atom is -0.491 e. The van der Waals surface area contributed by atoms with Gasteiger partial charge in [0, 0.05) is 19.6 Å². The summed E-state index contributed by atoms with van der Waals surface area (Å²) in [5.41, 5.74) is 2.61. The van der Waals surface area contributed by atoms with E-state index in [1.54, 1.807) is 0 Å². The summed E-state index contributed by atoms with van der Waals surface area (Å²) in [6.07, 6.45) is 0.863. The van der Waals surface area contributed by atoms with Crippen molar-refractivity contribution in [3.05, 3.63) is 29.3 Å². The largest absolute Gasteiger partial charge is 0.491 e. The van der Waals surface area contributed by atoms with Crippen LogP contribution in [-0.4, -0.2) is 42.4 Å². The van der Waals surface area contributed by atoms with Crippen LogP contribution in [0, 0.1) is 18.8 Å². The zero-order valence-corrected chi connectivity index (χ0v) is 15.4. The van der Waals surface area contributed by atoms with E-state index in [2.05, 4.69) is 51.7 Å². The molecule has 0 spiro atoms. The summed E-state index contributed by atoms with van der Waals surface area (Å²) < 4.78 is 5.80. The molecule has 3 heteroatoms. The summed E-state index contributed by atoms with van der Waals surface area (Å²) in [5, 5.41) is 10.3. The number of aryl methyl sites for hydroxylation is 1. The quantitative estimate of drug-likeness (QED) is 0.865. The third kappa shape index (κ3) is 5.50. The molecule has 2 rings (SSSR count). The zero-order chi connectivity index (χ0) is 17.0. The first-order valence-electron chi connectivity index (χ1n) is 8.99. The molecule has 23 heavy (non-hydrogen) atoms. The number of benzene rings is 1. The lowest BCUT2D eigenvalue weighted by molar-refractivity contribution is 0.0429. The lowest BCUT2D eigenvalue weighted by atomic mass is 9.92. The van der Waals surface area contributed by atoms with Crippen molar-refractivity contribution in [1.82, 2.24) is 4.90 Å². The molecule has 1 fully saturated rings. The monoisotopic (exact) mass is 319 g/mol. The third-order valence-electron chi connectivity index (χ3n) is 4.72. The first-order chi connectivity index (χ1) is 10.8. The molecule has 0 radical (unpaired) electrons. The maximum absolute atomic E-state index is 10.3. The highest BCUT2D eigenvalue weighted by Crippen LogP contribution is 2.24. The summed E-state index contributed by atoms with van der Waals surface area (Å²) in [6, 6.07) is 6.23. The second-order valence-electron chi connectivity index (χ2n) is 7.80. The number of rotatable bonds is 6. The lowest BCUT2D eigenvalue weighted by Crippen LogP contribution is -2.44. The van der Waals surface area contributed by atoms with Crippen molar-refractivity contribution in [3.63, 3.8) is 0 Å². The molecule has 1 aromatic carbocycles. The van der Waals surface area contributed by atoms with Gasteiger partial charge in [-0.1, -0.05) is 33.8 Å². The predicted molar refractivity (Wildman–Crippen MR) is 96.2 cm³/mol. The average Bonchev–Trinajstić information content (AvgIpc) is 2.43. The van der Waals surface area contributed by atoms with E-state index in [4.69, 9.17) is 4.74 Å². The van der Waals surface area contributed by atoms with Gasteiger partial charge in [0.05, 0.1) is 0 Å². The van der Waals surface area contributed by atoms with Gasteiger partial charge < -0.3 is 14.7 Å². The smallest absolute Gasteiger partial charge is 0.119 e. The molecule has 3 atom stereocenters. The van der Waals surface area contributed by atoms with Crippen LogP contribution in [0.25, 0.3) is 0 Å². The molecule has 1 heterocycles. The molecule has 0 bridgehead atoms. The van der Waals surface area contributed by atoms with Crippen LogP contribution >= 0.6 is 0 Å². The van der Waals surface area contributed by atoms with E-state index >= 15 is 0 Å². The van der Waals surface area contributed by atoms with Crippen molar-refractivity contribution in [3.8, 4) is 5.75 Å². The number of aliphatic hydroxyl groups excluding tert-OH is 1. The fourth-order valence-electron chi connectivity index (χ4n) is 3.87. The van der Waals surface area contributed by atoms with Crippen LogP contribution in [0.15, 0.2) is 18.2 Å². The predicted octanol–water partition coefficient (Wildman–Crippen LogP) is 3.84. The van der Waals surface area contributed by atoms with E-state index < -0.39 is 6.10 Å². The van der Waals surface area contributed by atoms with Gasteiger partial charge in [-0.2, -0.15) is 0 Å². The Labute approximate surface area is 141 Å². The van der Waals surface area contributed by atoms with Crippen molar-refractivity contribution in [2.75, 3.05) is 26.2 Å². The molecule has 0 amide bonds. The molecule has 1 N–H and O–H groups in total. The van der Waals surface area contributed by atoms with Gasteiger partial charge >= 0.3 is 0 Å². The van der Waals surface area contributed by atoms with E-state index in [1.807, 2.05) is 6.07 Å². The minimum absolute atomic E-state index is 0.361. The van der Waals surface area contributed by atoms with Gasteiger partial charge in [-0.05, 0) is 54.4 Å². The number of nitrogens with zero attached hydrogens (tertiary/aromatic N) is 1. The maximum atomic E-state index is 10.3. The number of ether oxygens (including phenoxy) is 1. The molecule has 3 nitrogen and oxygen atoms in total. The molecule has 1 saturated heterocycles. The summed E-state index contributed by atoms with van der Waals surface area (Å²) in [7, 11) is 0. The van der Waals surface area contributed by atoms with Gasteiger partial charge in [0.1, 0.15) is 18.5 Å². The summed E-state index contributed by atoms with van der Waals surface area (Å²) in [6.45, 7) is 14.4. The normalized spacial score (nSPS) is 24.0. The first-order valence-corrected chi connectivity index (χ1v) is 8.99. The number of piperidine rings is 1. The fraction of sp³-hybridized carbons (Fsp3) is 0.700. The second kappa shape index (κ2) is 8.16. The van der Waals surface area contributed by atoms with Gasteiger partial charge in [0.15, 0.2) is 0 Å². The molecule has 130 valence electrons. The van der Waals surface area contributed by atoms with Crippen LogP contribution in [-0.2, 0) is 0 Å². The Morgan fingerprint density at radius 1 is 1.22 bits per heavy atom.